The van der Waals surface area contributed by atoms with E-state index in [2.05, 4.69) is 78.4 Å². The normalized spacial score (nSPS) is 14.6. The monoisotopic (exact) mass is 1350 g/mol. The Balaban J connectivity index is 2.46. The molecule has 96 heavy (non-hydrogen) atoms. The van der Waals surface area contributed by atoms with Crippen LogP contribution in [-0.2, 0) is 75.1 Å². The van der Waals surface area contributed by atoms with Gasteiger partial charge in [-0.1, -0.05) is 83.1 Å². The Morgan fingerprint density at radius 3 is 0.938 bits per heavy atom. The Morgan fingerprint density at radius 2 is 0.635 bits per heavy atom. The highest BCUT2D eigenvalue weighted by molar-refractivity contribution is 6.00. The molecule has 0 bridgehead atoms. The molecule has 2 rings (SSSR count). The number of nitrogens with one attached hydrogen (secondary N) is 13. The summed E-state index contributed by atoms with van der Waals surface area (Å²) in [5, 5.41) is 30.1. The first-order chi connectivity index (χ1) is 44.2. The first-order valence-electron chi connectivity index (χ1n) is 33.5. The molecule has 542 valence electrons. The summed E-state index contributed by atoms with van der Waals surface area (Å²) in [5.41, 5.74) is -4.89. The van der Waals surface area contributed by atoms with E-state index in [1.807, 2.05) is 83.1 Å². The zero-order valence-electron chi connectivity index (χ0n) is 60.9. The van der Waals surface area contributed by atoms with Gasteiger partial charge in [0.2, 0.25) is 59.1 Å². The zero-order chi connectivity index (χ0) is 73.4. The summed E-state index contributed by atoms with van der Waals surface area (Å²) in [6.07, 6.45) is 5.31. The number of amides is 11. The molecule has 0 aliphatic carbocycles. The van der Waals surface area contributed by atoms with Gasteiger partial charge < -0.3 is 77.9 Å². The molecule has 0 spiro atoms. The van der Waals surface area contributed by atoms with Crippen molar-refractivity contribution in [2.75, 3.05) is 6.61 Å². The van der Waals surface area contributed by atoms with Gasteiger partial charge in [0, 0.05) is 36.6 Å². The summed E-state index contributed by atoms with van der Waals surface area (Å²) in [6.45, 7) is 37.5. The van der Waals surface area contributed by atoms with E-state index in [0.29, 0.717) is 11.4 Å². The summed E-state index contributed by atoms with van der Waals surface area (Å²) < 4.78 is 10.5. The van der Waals surface area contributed by atoms with Crippen LogP contribution in [0.15, 0.2) is 25.0 Å². The quantitative estimate of drug-likeness (QED) is 0.0424. The van der Waals surface area contributed by atoms with Gasteiger partial charge in [-0.2, -0.15) is 0 Å². The van der Waals surface area contributed by atoms with Crippen molar-refractivity contribution >= 4 is 71.1 Å². The number of esters is 1. The molecule has 0 saturated carbocycles. The summed E-state index contributed by atoms with van der Waals surface area (Å²) in [5.74, 6) is -8.95. The molecule has 13 N–H and O–H groups in total. The highest BCUT2D eigenvalue weighted by Crippen LogP contribution is 2.18. The fourth-order valence-electron chi connectivity index (χ4n) is 10.0. The highest BCUT2D eigenvalue weighted by Gasteiger charge is 2.41. The number of hydrogen-bond donors (Lipinski definition) is 13. The first kappa shape index (κ1) is 83.9. The predicted octanol–water partition coefficient (Wildman–Crippen LogP) is 3.73. The number of aromatic amines is 2. The molecule has 0 aromatic carbocycles. The van der Waals surface area contributed by atoms with Gasteiger partial charge >= 0.3 is 12.1 Å². The van der Waals surface area contributed by atoms with Crippen LogP contribution in [0.2, 0.25) is 0 Å². The second kappa shape index (κ2) is 38.0. The lowest BCUT2D eigenvalue weighted by Gasteiger charge is -2.32. The van der Waals surface area contributed by atoms with Crippen molar-refractivity contribution in [2.24, 2.45) is 35.5 Å². The Hall–Kier alpha value is -8.14. The molecule has 2 aromatic rings. The third-order valence-electron chi connectivity index (χ3n) is 14.8. The standard InChI is InChI=1S/C67H115N15O14/c1-23-95-62(93)67(21,22)82-58(89)49(29-41(12)13)74-54(85)46(26-38(6)7)77-60(91)65(17,18)81-59(90)51(31-43-33-69-35-71-43)76-53(84)45(25-37(4)5)72-52(83)44(24-36(2)3)73-56(87)50(30-42-32-68-34-70-42)78-61(92)66(19,20)80-57(88)48(28-40(10)11)75-55(86)47(27-39(8)9)79-63(94)96-64(14,15)16/h32-41,44-51H,23-31H2,1-22H3,(H,68,70)(H,69,71)(H,72,83)(H,73,87)(H,74,85)(H,75,86)(H,76,84)(H,77,91)(H,78,92)(H,79,94)(H,80,88)(H,81,90)(H,82,89)/t44-,45-,46-,47-,48-,49-,50-,51-/m0/s1. The van der Waals surface area contributed by atoms with Crippen LogP contribution in [0.1, 0.15) is 202 Å². The van der Waals surface area contributed by atoms with Crippen LogP contribution in [0.25, 0.3) is 0 Å². The molecular formula is C67H115N15O14. The first-order valence-corrected chi connectivity index (χ1v) is 33.5. The van der Waals surface area contributed by atoms with E-state index < -0.39 is 142 Å². The molecule has 2 aromatic heterocycles. The second-order valence-electron chi connectivity index (χ2n) is 30.0. The average Bonchev–Trinajstić information content (AvgIpc) is 0.995. The lowest BCUT2D eigenvalue weighted by atomic mass is 9.97. The number of nitrogens with zero attached hydrogens (tertiary/aromatic N) is 2. The summed E-state index contributed by atoms with van der Waals surface area (Å²) in [4.78, 5) is 182. The minimum atomic E-state index is -1.74. The van der Waals surface area contributed by atoms with Crippen molar-refractivity contribution in [1.29, 1.82) is 0 Å². The van der Waals surface area contributed by atoms with Crippen molar-refractivity contribution in [3.05, 3.63) is 36.4 Å². The largest absolute Gasteiger partial charge is 0.464 e. The van der Waals surface area contributed by atoms with Crippen molar-refractivity contribution in [1.82, 2.24) is 78.4 Å². The predicted molar refractivity (Wildman–Crippen MR) is 361 cm³/mol. The molecule has 29 nitrogen and oxygen atoms in total. The maximum atomic E-state index is 14.6. The van der Waals surface area contributed by atoms with Crippen LogP contribution < -0.4 is 58.5 Å². The number of ether oxygens (including phenoxy) is 2. The van der Waals surface area contributed by atoms with E-state index in [1.165, 1.54) is 66.6 Å². The van der Waals surface area contributed by atoms with Gasteiger partial charge in [0.15, 0.2) is 0 Å². The van der Waals surface area contributed by atoms with Gasteiger partial charge in [0.25, 0.3) is 0 Å². The minimum absolute atomic E-state index is 0.0439. The molecule has 8 atom stereocenters. The van der Waals surface area contributed by atoms with Crippen LogP contribution in [0.3, 0.4) is 0 Å². The van der Waals surface area contributed by atoms with E-state index in [1.54, 1.807) is 27.7 Å². The second-order valence-corrected chi connectivity index (χ2v) is 30.0. The van der Waals surface area contributed by atoms with Crippen LogP contribution in [0, 0.1) is 35.5 Å². The van der Waals surface area contributed by atoms with Crippen molar-refractivity contribution in [3.63, 3.8) is 0 Å². The van der Waals surface area contributed by atoms with Gasteiger partial charge in [0.1, 0.15) is 70.6 Å². The molecule has 0 aliphatic rings. The summed E-state index contributed by atoms with van der Waals surface area (Å²) in [7, 11) is 0. The van der Waals surface area contributed by atoms with E-state index >= 15 is 0 Å². The van der Waals surface area contributed by atoms with Crippen molar-refractivity contribution in [2.45, 2.75) is 274 Å². The molecule has 0 radical (unpaired) electrons. The maximum Gasteiger partial charge on any atom is 0.408 e. The highest BCUT2D eigenvalue weighted by atomic mass is 16.6. The smallest absolute Gasteiger partial charge is 0.408 e. The Morgan fingerprint density at radius 1 is 0.375 bits per heavy atom. The van der Waals surface area contributed by atoms with E-state index in [0.717, 1.165) is 0 Å². The SMILES string of the molecule is CCOC(=O)C(C)(C)NC(=O)[C@H](CC(C)C)NC(=O)[C@H](CC(C)C)NC(=O)C(C)(C)NC(=O)[C@H](Cc1cnc[nH]1)NC(=O)[C@H](CC(C)C)NC(=O)[C@H](CC(C)C)NC(=O)[C@H](Cc1cnc[nH]1)NC(=O)C(C)(C)NC(=O)[C@H](CC(C)C)NC(=O)[C@H](CC(C)C)NC(=O)OC(C)(C)C. The third-order valence-corrected chi connectivity index (χ3v) is 14.8. The number of imidazole rings is 2. The Kier molecular flexibility index (Phi) is 33.2. The van der Waals surface area contributed by atoms with Gasteiger partial charge in [-0.05, 0) is 143 Å². The average molecular weight is 1350 g/mol. The maximum absolute atomic E-state index is 14.6. The van der Waals surface area contributed by atoms with E-state index in [4.69, 9.17) is 9.47 Å². The Labute approximate surface area is 567 Å². The van der Waals surface area contributed by atoms with E-state index in [9.17, 15) is 57.5 Å². The molecule has 0 fully saturated rings. The van der Waals surface area contributed by atoms with Crippen LogP contribution in [0.4, 0.5) is 4.79 Å². The fraction of sp³-hybridized carbons (Fsp3) is 0.731. The number of carbonyl (C=O) groups is 12. The summed E-state index contributed by atoms with van der Waals surface area (Å²) >= 11 is 0. The van der Waals surface area contributed by atoms with Gasteiger partial charge in [-0.15, -0.1) is 0 Å². The number of hydrogen-bond acceptors (Lipinski definition) is 16. The third kappa shape index (κ3) is 30.3. The molecular weight excluding hydrogens is 1240 g/mol. The number of H-pyrrole nitrogens is 2. The van der Waals surface area contributed by atoms with Gasteiger partial charge in [-0.25, -0.2) is 19.6 Å². The topological polar surface area (TPSA) is 413 Å². The van der Waals surface area contributed by atoms with Gasteiger partial charge in [-0.3, -0.25) is 47.9 Å². The molecule has 11 amide bonds. The summed E-state index contributed by atoms with van der Waals surface area (Å²) in [6, 6.07) is -9.93. The van der Waals surface area contributed by atoms with Crippen molar-refractivity contribution in [3.8, 4) is 0 Å². The van der Waals surface area contributed by atoms with Crippen LogP contribution in [0.5, 0.6) is 0 Å². The molecule has 2 heterocycles. The molecule has 0 aliphatic heterocycles. The lowest BCUT2D eigenvalue weighted by molar-refractivity contribution is -0.152. The number of alkyl carbamates (subject to hydrolysis) is 1. The zero-order valence-corrected chi connectivity index (χ0v) is 60.9. The van der Waals surface area contributed by atoms with Crippen molar-refractivity contribution < 1.29 is 67.0 Å². The number of rotatable bonds is 39. The molecule has 29 heteroatoms. The fourth-order valence-corrected chi connectivity index (χ4v) is 10.0. The Bertz CT molecular complexity index is 2900. The van der Waals surface area contributed by atoms with Crippen LogP contribution in [-0.4, -0.2) is 168 Å². The van der Waals surface area contributed by atoms with E-state index in [-0.39, 0.29) is 93.5 Å². The molecule has 0 saturated heterocycles. The lowest BCUT2D eigenvalue weighted by Crippen LogP contribution is -2.64. The number of carbonyl (C=O) groups excluding carboxylic acids is 12. The molecule has 0 unspecified atom stereocenters. The number of aromatic nitrogens is 4. The minimum Gasteiger partial charge on any atom is -0.464 e. The van der Waals surface area contributed by atoms with Crippen LogP contribution >= 0.6 is 0 Å². The van der Waals surface area contributed by atoms with Gasteiger partial charge in [0.05, 0.1) is 19.3 Å².